The first kappa shape index (κ1) is 23.8. The Morgan fingerprint density at radius 2 is 1.77 bits per heavy atom. The first-order valence-electron chi connectivity index (χ1n) is 12.3. The number of fused-ring (bicyclic) bond motifs is 3. The second-order valence-corrected chi connectivity index (χ2v) is 11.7. The lowest BCUT2D eigenvalue weighted by molar-refractivity contribution is -0.134. The average Bonchev–Trinajstić information content (AvgIpc) is 3.34. The molecule has 6 nitrogen and oxygen atoms in total. The van der Waals surface area contributed by atoms with E-state index in [-0.39, 0.29) is 11.3 Å². The number of hydrogen-bond donors (Lipinski definition) is 0. The van der Waals surface area contributed by atoms with Crippen molar-refractivity contribution in [3.8, 4) is 17.0 Å². The molecule has 0 atom stereocenters. The fraction of sp³-hybridized carbons (Fsp3) is 0.429. The van der Waals surface area contributed by atoms with Gasteiger partial charge in [-0.1, -0.05) is 61.9 Å². The second kappa shape index (κ2) is 9.28. The van der Waals surface area contributed by atoms with E-state index < -0.39 is 0 Å². The molecule has 35 heavy (non-hydrogen) atoms. The number of amides is 1. The van der Waals surface area contributed by atoms with Gasteiger partial charge in [-0.05, 0) is 30.5 Å². The van der Waals surface area contributed by atoms with Crippen LogP contribution in [0, 0.1) is 12.3 Å². The van der Waals surface area contributed by atoms with Crippen molar-refractivity contribution in [2.24, 2.45) is 5.41 Å². The van der Waals surface area contributed by atoms with Gasteiger partial charge in [-0.15, -0.1) is 0 Å². The molecule has 0 N–H and O–H groups in total. The Morgan fingerprint density at radius 1 is 1.06 bits per heavy atom. The summed E-state index contributed by atoms with van der Waals surface area (Å²) in [5, 5.41) is 0. The minimum Gasteiger partial charge on any atom is -0.497 e. The topological polar surface area (TPSA) is 50.1 Å². The number of aromatic nitrogens is 2. The van der Waals surface area contributed by atoms with Crippen LogP contribution in [0.2, 0.25) is 0 Å². The summed E-state index contributed by atoms with van der Waals surface area (Å²) in [4.78, 5) is 23.3. The van der Waals surface area contributed by atoms with Crippen molar-refractivity contribution < 1.29 is 9.53 Å². The lowest BCUT2D eigenvalue weighted by atomic mass is 9.91. The molecule has 2 aromatic carbocycles. The Balaban J connectivity index is 1.46. The van der Waals surface area contributed by atoms with Crippen LogP contribution in [0.1, 0.15) is 38.4 Å². The van der Waals surface area contributed by atoms with Gasteiger partial charge < -0.3 is 9.64 Å². The summed E-state index contributed by atoms with van der Waals surface area (Å²) in [5.74, 6) is 1.13. The maximum absolute atomic E-state index is 12.7. The standard InChI is InChI=1S/C28H34N4O2S/c1-19-6-8-20(9-7-19)26-23(18-30-12-14-31(15-13-30)25(33)17-28(2,3)4)32-22-11-10-21(34-5)16-24(22)35-27(32)29-26/h6-11,16H,12-15,17-18H2,1-5H3. The number of hydrogen-bond acceptors (Lipinski definition) is 5. The predicted octanol–water partition coefficient (Wildman–Crippen LogP) is 5.61. The Morgan fingerprint density at radius 3 is 2.43 bits per heavy atom. The van der Waals surface area contributed by atoms with E-state index in [4.69, 9.17) is 9.72 Å². The van der Waals surface area contributed by atoms with E-state index in [1.54, 1.807) is 18.4 Å². The molecule has 4 aromatic rings. The van der Waals surface area contributed by atoms with Gasteiger partial charge in [-0.25, -0.2) is 4.98 Å². The summed E-state index contributed by atoms with van der Waals surface area (Å²) < 4.78 is 8.93. The van der Waals surface area contributed by atoms with E-state index in [1.165, 1.54) is 16.0 Å². The van der Waals surface area contributed by atoms with Crippen LogP contribution < -0.4 is 4.74 Å². The van der Waals surface area contributed by atoms with Gasteiger partial charge in [-0.2, -0.15) is 0 Å². The molecule has 1 saturated heterocycles. The van der Waals surface area contributed by atoms with E-state index in [9.17, 15) is 4.79 Å². The summed E-state index contributed by atoms with van der Waals surface area (Å²) in [6.07, 6.45) is 0.595. The van der Waals surface area contributed by atoms with E-state index in [0.29, 0.717) is 6.42 Å². The first-order chi connectivity index (χ1) is 16.7. The monoisotopic (exact) mass is 490 g/mol. The number of piperazine rings is 1. The van der Waals surface area contributed by atoms with E-state index >= 15 is 0 Å². The summed E-state index contributed by atoms with van der Waals surface area (Å²) >= 11 is 1.70. The van der Waals surface area contributed by atoms with Crippen LogP contribution in [0.25, 0.3) is 26.4 Å². The van der Waals surface area contributed by atoms with Gasteiger partial charge in [0.2, 0.25) is 5.91 Å². The van der Waals surface area contributed by atoms with Crippen LogP contribution in [0.3, 0.4) is 0 Å². The maximum atomic E-state index is 12.7. The molecular formula is C28H34N4O2S. The molecule has 1 fully saturated rings. The molecule has 0 aliphatic carbocycles. The van der Waals surface area contributed by atoms with Gasteiger partial charge in [0.05, 0.1) is 28.7 Å². The van der Waals surface area contributed by atoms with Crippen LogP contribution in [0.15, 0.2) is 42.5 Å². The number of carbonyl (C=O) groups is 1. The highest BCUT2D eigenvalue weighted by Gasteiger charge is 2.27. The molecule has 0 spiro atoms. The zero-order valence-electron chi connectivity index (χ0n) is 21.3. The van der Waals surface area contributed by atoms with Gasteiger partial charge >= 0.3 is 0 Å². The maximum Gasteiger partial charge on any atom is 0.223 e. The number of methoxy groups -OCH3 is 1. The number of ether oxygens (including phenoxy) is 1. The van der Waals surface area contributed by atoms with Crippen molar-refractivity contribution in [1.29, 1.82) is 0 Å². The van der Waals surface area contributed by atoms with E-state index in [0.717, 1.165) is 60.2 Å². The molecule has 1 aliphatic heterocycles. The van der Waals surface area contributed by atoms with Crippen molar-refractivity contribution in [3.63, 3.8) is 0 Å². The zero-order valence-corrected chi connectivity index (χ0v) is 22.1. The zero-order chi connectivity index (χ0) is 24.7. The largest absolute Gasteiger partial charge is 0.497 e. The first-order valence-corrected chi connectivity index (χ1v) is 13.1. The molecule has 5 rings (SSSR count). The van der Waals surface area contributed by atoms with E-state index in [2.05, 4.69) is 73.4 Å². The number of thiazole rings is 1. The van der Waals surface area contributed by atoms with Crippen molar-refractivity contribution >= 4 is 32.4 Å². The van der Waals surface area contributed by atoms with Crippen molar-refractivity contribution in [2.75, 3.05) is 33.3 Å². The molecule has 1 aliphatic rings. The average molecular weight is 491 g/mol. The van der Waals surface area contributed by atoms with Crippen LogP contribution >= 0.6 is 11.3 Å². The smallest absolute Gasteiger partial charge is 0.223 e. The Kier molecular flexibility index (Phi) is 6.32. The van der Waals surface area contributed by atoms with Gasteiger partial charge in [0.25, 0.3) is 0 Å². The minimum atomic E-state index is 0.0169. The lowest BCUT2D eigenvalue weighted by Crippen LogP contribution is -2.49. The molecule has 184 valence electrons. The van der Waals surface area contributed by atoms with Crippen molar-refractivity contribution in [3.05, 3.63) is 53.7 Å². The molecule has 3 heterocycles. The highest BCUT2D eigenvalue weighted by molar-refractivity contribution is 7.23. The summed E-state index contributed by atoms with van der Waals surface area (Å²) in [5.41, 5.74) is 5.80. The van der Waals surface area contributed by atoms with Gasteiger partial charge in [0, 0.05) is 44.7 Å². The van der Waals surface area contributed by atoms with Gasteiger partial charge in [0.15, 0.2) is 4.96 Å². The fourth-order valence-electron chi connectivity index (χ4n) is 4.76. The third kappa shape index (κ3) is 4.93. The molecule has 1 amide bonds. The Bertz CT molecular complexity index is 1360. The van der Waals surface area contributed by atoms with E-state index in [1.807, 2.05) is 11.0 Å². The number of nitrogens with zero attached hydrogens (tertiary/aromatic N) is 4. The van der Waals surface area contributed by atoms with Gasteiger partial charge in [0.1, 0.15) is 5.75 Å². The Labute approximate surface area is 211 Å². The number of imidazole rings is 1. The summed E-state index contributed by atoms with van der Waals surface area (Å²) in [6.45, 7) is 12.6. The Hall–Kier alpha value is -2.90. The van der Waals surface area contributed by atoms with Crippen LogP contribution in [0.5, 0.6) is 5.75 Å². The van der Waals surface area contributed by atoms with Crippen molar-refractivity contribution in [1.82, 2.24) is 19.2 Å². The highest BCUT2D eigenvalue weighted by Crippen LogP contribution is 2.35. The van der Waals surface area contributed by atoms with Crippen LogP contribution in [0.4, 0.5) is 0 Å². The van der Waals surface area contributed by atoms with Gasteiger partial charge in [-0.3, -0.25) is 14.1 Å². The fourth-order valence-corrected chi connectivity index (χ4v) is 5.83. The summed E-state index contributed by atoms with van der Waals surface area (Å²) in [7, 11) is 1.70. The molecule has 7 heteroatoms. The minimum absolute atomic E-state index is 0.0169. The lowest BCUT2D eigenvalue weighted by Gasteiger charge is -2.36. The SMILES string of the molecule is COc1ccc2c(c1)sc1nc(-c3ccc(C)cc3)c(CN3CCN(C(=O)CC(C)(C)C)CC3)n12. The second-order valence-electron chi connectivity index (χ2n) is 10.7. The molecule has 0 unspecified atom stereocenters. The highest BCUT2D eigenvalue weighted by atomic mass is 32.1. The number of aryl methyl sites for hydroxylation is 1. The molecule has 0 saturated carbocycles. The molecule has 0 bridgehead atoms. The predicted molar refractivity (Wildman–Crippen MR) is 143 cm³/mol. The third-order valence-corrected chi connectivity index (χ3v) is 7.66. The third-order valence-electron chi connectivity index (χ3n) is 6.66. The normalized spacial score (nSPS) is 15.3. The molecule has 0 radical (unpaired) electrons. The summed E-state index contributed by atoms with van der Waals surface area (Å²) in [6, 6.07) is 14.9. The van der Waals surface area contributed by atoms with Crippen molar-refractivity contribution in [2.45, 2.75) is 40.7 Å². The van der Waals surface area contributed by atoms with Crippen LogP contribution in [-0.2, 0) is 11.3 Å². The number of benzene rings is 2. The van der Waals surface area contributed by atoms with Crippen LogP contribution in [-0.4, -0.2) is 58.4 Å². The number of carbonyl (C=O) groups excluding carboxylic acids is 1. The molecular weight excluding hydrogens is 456 g/mol. The molecule has 2 aromatic heterocycles. The quantitative estimate of drug-likeness (QED) is 0.365. The number of rotatable bonds is 5.